The van der Waals surface area contributed by atoms with Gasteiger partial charge in [-0.15, -0.1) is 0 Å². The highest BCUT2D eigenvalue weighted by molar-refractivity contribution is 5.80. The summed E-state index contributed by atoms with van der Waals surface area (Å²) in [5, 5.41) is 15.2. The number of rotatable bonds is 5. The van der Waals surface area contributed by atoms with E-state index in [4.69, 9.17) is 5.11 Å². The minimum atomic E-state index is -0.863. The zero-order chi connectivity index (χ0) is 15.3. The molecular formula is C15H28N2O3. The van der Waals surface area contributed by atoms with E-state index < -0.39 is 5.97 Å². The fraction of sp³-hybridized carbons (Fsp3) is 0.867. The number of nitrogens with one attached hydrogen (secondary N) is 2. The van der Waals surface area contributed by atoms with Gasteiger partial charge in [-0.2, -0.15) is 0 Å². The Morgan fingerprint density at radius 3 is 2.55 bits per heavy atom. The molecule has 1 rings (SSSR count). The zero-order valence-corrected chi connectivity index (χ0v) is 13.0. The minimum absolute atomic E-state index is 0.00233. The molecule has 1 saturated heterocycles. The highest BCUT2D eigenvalue weighted by Crippen LogP contribution is 2.23. The van der Waals surface area contributed by atoms with Crippen molar-refractivity contribution in [3.63, 3.8) is 0 Å². The molecule has 0 aromatic rings. The number of carbonyl (C=O) groups is 2. The predicted molar refractivity (Wildman–Crippen MR) is 78.4 cm³/mol. The minimum Gasteiger partial charge on any atom is -0.481 e. The Morgan fingerprint density at radius 1 is 1.40 bits per heavy atom. The molecule has 116 valence electrons. The fourth-order valence-electron chi connectivity index (χ4n) is 2.81. The van der Waals surface area contributed by atoms with Gasteiger partial charge in [-0.3, -0.25) is 9.59 Å². The number of carbonyl (C=O) groups excluding carboxylic acids is 1. The van der Waals surface area contributed by atoms with Gasteiger partial charge in [-0.1, -0.05) is 20.8 Å². The molecule has 1 aliphatic rings. The number of hydrogen-bond donors (Lipinski definition) is 3. The zero-order valence-electron chi connectivity index (χ0n) is 13.0. The molecule has 1 amide bonds. The summed E-state index contributed by atoms with van der Waals surface area (Å²) in [5.74, 6) is -0.852. The summed E-state index contributed by atoms with van der Waals surface area (Å²) in [6, 6.07) is 0.0604. The van der Waals surface area contributed by atoms with Crippen LogP contribution in [0.1, 0.15) is 53.4 Å². The third-order valence-corrected chi connectivity index (χ3v) is 3.62. The van der Waals surface area contributed by atoms with Crippen LogP contribution in [-0.4, -0.2) is 35.6 Å². The van der Waals surface area contributed by atoms with Crippen LogP contribution >= 0.6 is 0 Å². The van der Waals surface area contributed by atoms with Crippen LogP contribution in [0.15, 0.2) is 0 Å². The number of piperidine rings is 1. The summed E-state index contributed by atoms with van der Waals surface area (Å²) < 4.78 is 0. The van der Waals surface area contributed by atoms with Crippen molar-refractivity contribution in [1.29, 1.82) is 0 Å². The van der Waals surface area contributed by atoms with Gasteiger partial charge in [0.05, 0.1) is 6.42 Å². The molecule has 0 radical (unpaired) electrons. The summed E-state index contributed by atoms with van der Waals surface area (Å²) in [6.07, 6.45) is 2.31. The van der Waals surface area contributed by atoms with Gasteiger partial charge in [0, 0.05) is 18.0 Å². The molecule has 0 aliphatic carbocycles. The maximum atomic E-state index is 12.3. The van der Waals surface area contributed by atoms with Crippen LogP contribution in [0.5, 0.6) is 0 Å². The van der Waals surface area contributed by atoms with Gasteiger partial charge in [0.25, 0.3) is 0 Å². The van der Waals surface area contributed by atoms with Crippen molar-refractivity contribution >= 4 is 11.9 Å². The molecule has 1 heterocycles. The molecule has 0 aromatic carbocycles. The van der Waals surface area contributed by atoms with E-state index in [9.17, 15) is 9.59 Å². The number of carboxylic acids is 1. The Morgan fingerprint density at radius 2 is 2.05 bits per heavy atom. The topological polar surface area (TPSA) is 78.4 Å². The van der Waals surface area contributed by atoms with Crippen molar-refractivity contribution in [2.75, 3.05) is 6.54 Å². The molecule has 5 heteroatoms. The number of hydrogen-bond acceptors (Lipinski definition) is 3. The van der Waals surface area contributed by atoms with E-state index in [-0.39, 0.29) is 29.7 Å². The Hall–Kier alpha value is -1.10. The van der Waals surface area contributed by atoms with Gasteiger partial charge in [-0.05, 0) is 38.1 Å². The third-order valence-electron chi connectivity index (χ3n) is 3.62. The monoisotopic (exact) mass is 284 g/mol. The lowest BCUT2D eigenvalue weighted by Crippen LogP contribution is -2.46. The molecule has 3 unspecified atom stereocenters. The average Bonchev–Trinajstić information content (AvgIpc) is 2.25. The Labute approximate surface area is 121 Å². The molecule has 0 saturated carbocycles. The van der Waals surface area contributed by atoms with Gasteiger partial charge in [0.2, 0.25) is 5.91 Å². The summed E-state index contributed by atoms with van der Waals surface area (Å²) in [5.41, 5.74) is -0.00515. The second kappa shape index (κ2) is 7.07. The summed E-state index contributed by atoms with van der Waals surface area (Å²) >= 11 is 0. The first-order chi connectivity index (χ1) is 9.17. The molecule has 3 atom stereocenters. The lowest BCUT2D eigenvalue weighted by molar-refractivity contribution is -0.138. The summed E-state index contributed by atoms with van der Waals surface area (Å²) in [7, 11) is 0. The molecule has 20 heavy (non-hydrogen) atoms. The van der Waals surface area contributed by atoms with Crippen LogP contribution in [0.2, 0.25) is 0 Å². The first kappa shape index (κ1) is 17.0. The Bertz CT molecular complexity index is 350. The highest BCUT2D eigenvalue weighted by atomic mass is 16.4. The Balaban J connectivity index is 2.58. The summed E-state index contributed by atoms with van der Waals surface area (Å²) in [4.78, 5) is 23.2. The largest absolute Gasteiger partial charge is 0.481 e. The van der Waals surface area contributed by atoms with Gasteiger partial charge < -0.3 is 15.7 Å². The second-order valence-electron chi connectivity index (χ2n) is 7.14. The number of aliphatic carboxylic acids is 1. The lowest BCUT2D eigenvalue weighted by Gasteiger charge is -2.30. The lowest BCUT2D eigenvalue weighted by atomic mass is 9.86. The van der Waals surface area contributed by atoms with Crippen LogP contribution in [0.4, 0.5) is 0 Å². The maximum Gasteiger partial charge on any atom is 0.305 e. The van der Waals surface area contributed by atoms with Gasteiger partial charge in [0.15, 0.2) is 0 Å². The quantitative estimate of drug-likeness (QED) is 0.719. The van der Waals surface area contributed by atoms with Crippen LogP contribution in [-0.2, 0) is 9.59 Å². The molecular weight excluding hydrogens is 256 g/mol. The SMILES string of the molecule is CC1CC(C(=O)NC(CC(=O)O)CC(C)(C)C)CCN1. The molecule has 0 spiro atoms. The maximum absolute atomic E-state index is 12.3. The van der Waals surface area contributed by atoms with Crippen molar-refractivity contribution in [2.24, 2.45) is 11.3 Å². The van der Waals surface area contributed by atoms with Gasteiger partial charge in [0.1, 0.15) is 0 Å². The number of amides is 1. The van der Waals surface area contributed by atoms with E-state index in [1.165, 1.54) is 0 Å². The first-order valence-corrected chi connectivity index (χ1v) is 7.43. The van der Waals surface area contributed by atoms with Crippen LogP contribution in [0.25, 0.3) is 0 Å². The standard InChI is InChI=1S/C15H28N2O3/c1-10-7-11(5-6-16-10)14(20)17-12(8-13(18)19)9-15(2,3)4/h10-12,16H,5-9H2,1-4H3,(H,17,20)(H,18,19). The molecule has 3 N–H and O–H groups in total. The van der Waals surface area contributed by atoms with E-state index in [2.05, 4.69) is 38.3 Å². The van der Waals surface area contributed by atoms with E-state index >= 15 is 0 Å². The second-order valence-corrected chi connectivity index (χ2v) is 7.14. The fourth-order valence-corrected chi connectivity index (χ4v) is 2.81. The van der Waals surface area contributed by atoms with E-state index in [0.29, 0.717) is 12.5 Å². The first-order valence-electron chi connectivity index (χ1n) is 7.43. The van der Waals surface area contributed by atoms with E-state index in [1.54, 1.807) is 0 Å². The Kier molecular flexibility index (Phi) is 5.99. The van der Waals surface area contributed by atoms with E-state index in [1.807, 2.05) is 0 Å². The summed E-state index contributed by atoms with van der Waals surface area (Å²) in [6.45, 7) is 9.09. The van der Waals surface area contributed by atoms with Crippen LogP contribution < -0.4 is 10.6 Å². The smallest absolute Gasteiger partial charge is 0.305 e. The number of carboxylic acid groups (broad SMARTS) is 1. The van der Waals surface area contributed by atoms with Gasteiger partial charge in [-0.25, -0.2) is 0 Å². The normalized spacial score (nSPS) is 25.0. The van der Waals surface area contributed by atoms with Crippen molar-refractivity contribution in [3.05, 3.63) is 0 Å². The third kappa shape index (κ3) is 6.37. The molecule has 0 bridgehead atoms. The van der Waals surface area contributed by atoms with Crippen LogP contribution in [0.3, 0.4) is 0 Å². The van der Waals surface area contributed by atoms with E-state index in [0.717, 1.165) is 19.4 Å². The predicted octanol–water partition coefficient (Wildman–Crippen LogP) is 1.77. The molecule has 5 nitrogen and oxygen atoms in total. The molecule has 0 aromatic heterocycles. The van der Waals surface area contributed by atoms with Crippen molar-refractivity contribution < 1.29 is 14.7 Å². The highest BCUT2D eigenvalue weighted by Gasteiger charge is 2.28. The molecule has 1 fully saturated rings. The van der Waals surface area contributed by atoms with Crippen molar-refractivity contribution in [3.8, 4) is 0 Å². The average molecular weight is 284 g/mol. The molecule has 1 aliphatic heterocycles. The van der Waals surface area contributed by atoms with Gasteiger partial charge >= 0.3 is 5.97 Å². The van der Waals surface area contributed by atoms with Crippen LogP contribution in [0, 0.1) is 11.3 Å². The van der Waals surface area contributed by atoms with Crippen molar-refractivity contribution in [2.45, 2.75) is 65.5 Å². The van der Waals surface area contributed by atoms with Crippen molar-refractivity contribution in [1.82, 2.24) is 10.6 Å².